The van der Waals surface area contributed by atoms with Crippen LogP contribution in [0.2, 0.25) is 0 Å². The number of aliphatic hydroxyl groups is 1. The van der Waals surface area contributed by atoms with E-state index in [0.717, 1.165) is 0 Å². The van der Waals surface area contributed by atoms with E-state index in [9.17, 15) is 13.5 Å². The van der Waals surface area contributed by atoms with Crippen molar-refractivity contribution in [2.75, 3.05) is 26.7 Å². The van der Waals surface area contributed by atoms with E-state index in [1.165, 1.54) is 10.4 Å². The first kappa shape index (κ1) is 22.2. The zero-order valence-electron chi connectivity index (χ0n) is 17.4. The third-order valence-corrected chi connectivity index (χ3v) is 7.09. The molecular weight excluding hydrogens is 402 g/mol. The molecule has 0 amide bonds. The van der Waals surface area contributed by atoms with E-state index < -0.39 is 16.1 Å². The van der Waals surface area contributed by atoms with E-state index in [1.807, 2.05) is 26.1 Å². The number of hydrogen-bond acceptors (Lipinski definition) is 6. The SMILES string of the molecule is CNC[C@@H]1Oc2cc(C#Cc3ccccn3)ccc2S(=O)(=O)N([C@H](C)CO)C[C@H]1C. The van der Waals surface area contributed by atoms with Crippen LogP contribution >= 0.6 is 0 Å². The first-order chi connectivity index (χ1) is 14.4. The highest BCUT2D eigenvalue weighted by Crippen LogP contribution is 2.33. The summed E-state index contributed by atoms with van der Waals surface area (Å²) >= 11 is 0. The lowest BCUT2D eigenvalue weighted by molar-refractivity contribution is 0.103. The molecule has 3 atom stereocenters. The topological polar surface area (TPSA) is 91.8 Å². The molecule has 7 nitrogen and oxygen atoms in total. The predicted octanol–water partition coefficient (Wildman–Crippen LogP) is 1.47. The van der Waals surface area contributed by atoms with Gasteiger partial charge in [0.2, 0.25) is 10.0 Å². The number of nitrogens with zero attached hydrogens (tertiary/aromatic N) is 2. The molecule has 2 N–H and O–H groups in total. The Morgan fingerprint density at radius 2 is 2.13 bits per heavy atom. The Morgan fingerprint density at radius 1 is 1.33 bits per heavy atom. The number of nitrogens with one attached hydrogen (secondary N) is 1. The van der Waals surface area contributed by atoms with E-state index in [4.69, 9.17) is 4.74 Å². The van der Waals surface area contributed by atoms with Gasteiger partial charge in [0.05, 0.1) is 6.61 Å². The van der Waals surface area contributed by atoms with Gasteiger partial charge in [-0.2, -0.15) is 4.31 Å². The maximum absolute atomic E-state index is 13.4. The predicted molar refractivity (Wildman–Crippen MR) is 115 cm³/mol. The lowest BCUT2D eigenvalue weighted by Gasteiger charge is -2.36. The van der Waals surface area contributed by atoms with Crippen LogP contribution in [0.1, 0.15) is 25.1 Å². The van der Waals surface area contributed by atoms with Crippen molar-refractivity contribution in [3.05, 3.63) is 53.9 Å². The van der Waals surface area contributed by atoms with Gasteiger partial charge in [-0.05, 0) is 50.2 Å². The summed E-state index contributed by atoms with van der Waals surface area (Å²) < 4.78 is 34.2. The fourth-order valence-electron chi connectivity index (χ4n) is 3.32. The molecule has 30 heavy (non-hydrogen) atoms. The molecule has 160 valence electrons. The van der Waals surface area contributed by atoms with E-state index in [-0.39, 0.29) is 35.8 Å². The Balaban J connectivity index is 2.07. The van der Waals surface area contributed by atoms with Gasteiger partial charge in [0.15, 0.2) is 0 Å². The van der Waals surface area contributed by atoms with Crippen LogP contribution in [-0.4, -0.2) is 61.7 Å². The molecule has 1 aromatic carbocycles. The van der Waals surface area contributed by atoms with Crippen LogP contribution in [0.15, 0.2) is 47.5 Å². The molecule has 8 heteroatoms. The zero-order valence-corrected chi connectivity index (χ0v) is 18.2. The molecule has 2 aromatic rings. The molecule has 0 fully saturated rings. The summed E-state index contributed by atoms with van der Waals surface area (Å²) in [5, 5.41) is 12.7. The smallest absolute Gasteiger partial charge is 0.247 e. The summed E-state index contributed by atoms with van der Waals surface area (Å²) in [5.74, 6) is 6.18. The van der Waals surface area contributed by atoms with E-state index in [1.54, 1.807) is 31.3 Å². The van der Waals surface area contributed by atoms with Crippen LogP contribution in [0.4, 0.5) is 0 Å². The molecule has 0 bridgehead atoms. The molecule has 3 rings (SSSR count). The number of likely N-dealkylation sites (N-methyl/N-ethyl adjacent to an activating group) is 1. The molecule has 1 aromatic heterocycles. The maximum Gasteiger partial charge on any atom is 0.247 e. The summed E-state index contributed by atoms with van der Waals surface area (Å²) in [6.45, 7) is 4.21. The van der Waals surface area contributed by atoms with Crippen molar-refractivity contribution in [3.8, 4) is 17.6 Å². The van der Waals surface area contributed by atoms with Gasteiger partial charge < -0.3 is 15.2 Å². The second-order valence-electron chi connectivity index (χ2n) is 7.42. The van der Waals surface area contributed by atoms with Crippen molar-refractivity contribution in [2.24, 2.45) is 5.92 Å². The molecule has 0 saturated carbocycles. The van der Waals surface area contributed by atoms with Crippen LogP contribution in [0, 0.1) is 17.8 Å². The van der Waals surface area contributed by atoms with Crippen molar-refractivity contribution in [1.82, 2.24) is 14.6 Å². The number of hydrogen-bond donors (Lipinski definition) is 2. The highest BCUT2D eigenvalue weighted by atomic mass is 32.2. The van der Waals surface area contributed by atoms with Crippen LogP contribution in [0.5, 0.6) is 5.75 Å². The van der Waals surface area contributed by atoms with Gasteiger partial charge in [0.1, 0.15) is 22.4 Å². The minimum absolute atomic E-state index is 0.0826. The highest BCUT2D eigenvalue weighted by Gasteiger charge is 2.37. The van der Waals surface area contributed by atoms with Crippen molar-refractivity contribution in [1.29, 1.82) is 0 Å². The Bertz CT molecular complexity index is 1030. The second-order valence-corrected chi connectivity index (χ2v) is 9.28. The minimum atomic E-state index is -3.84. The van der Waals surface area contributed by atoms with Gasteiger partial charge >= 0.3 is 0 Å². The third kappa shape index (κ3) is 4.82. The molecule has 0 spiro atoms. The summed E-state index contributed by atoms with van der Waals surface area (Å²) in [4.78, 5) is 4.26. The third-order valence-electron chi connectivity index (χ3n) is 5.07. The quantitative estimate of drug-likeness (QED) is 0.716. The van der Waals surface area contributed by atoms with E-state index >= 15 is 0 Å². The average molecular weight is 430 g/mol. The molecule has 0 radical (unpaired) electrons. The van der Waals surface area contributed by atoms with Crippen LogP contribution < -0.4 is 10.1 Å². The van der Waals surface area contributed by atoms with Crippen molar-refractivity contribution >= 4 is 10.0 Å². The molecular formula is C22H27N3O4S. The number of pyridine rings is 1. The number of fused-ring (bicyclic) bond motifs is 1. The van der Waals surface area contributed by atoms with Gasteiger partial charge in [-0.1, -0.05) is 18.9 Å². The first-order valence-corrected chi connectivity index (χ1v) is 11.3. The monoisotopic (exact) mass is 429 g/mol. The molecule has 0 aliphatic carbocycles. The van der Waals surface area contributed by atoms with Crippen molar-refractivity contribution in [2.45, 2.75) is 30.9 Å². The van der Waals surface area contributed by atoms with Crippen LogP contribution in [0.3, 0.4) is 0 Å². The van der Waals surface area contributed by atoms with Gasteiger partial charge in [-0.15, -0.1) is 0 Å². The molecule has 0 saturated heterocycles. The Morgan fingerprint density at radius 3 is 2.80 bits per heavy atom. The fourth-order valence-corrected chi connectivity index (χ4v) is 5.15. The number of benzene rings is 1. The summed E-state index contributed by atoms with van der Waals surface area (Å²) in [5.41, 5.74) is 1.26. The maximum atomic E-state index is 13.4. The summed E-state index contributed by atoms with van der Waals surface area (Å²) in [6, 6.07) is 9.78. The Labute approximate surface area is 178 Å². The normalized spacial score (nSPS) is 21.9. The van der Waals surface area contributed by atoms with Crippen molar-refractivity contribution in [3.63, 3.8) is 0 Å². The number of sulfonamides is 1. The minimum Gasteiger partial charge on any atom is -0.487 e. The lowest BCUT2D eigenvalue weighted by atomic mass is 10.0. The summed E-state index contributed by atoms with van der Waals surface area (Å²) in [6.07, 6.45) is 1.43. The largest absolute Gasteiger partial charge is 0.487 e. The van der Waals surface area contributed by atoms with E-state index in [2.05, 4.69) is 22.1 Å². The van der Waals surface area contributed by atoms with E-state index in [0.29, 0.717) is 17.8 Å². The van der Waals surface area contributed by atoms with Crippen molar-refractivity contribution < 1.29 is 18.3 Å². The Kier molecular flexibility index (Phi) is 7.10. The second kappa shape index (κ2) is 9.58. The zero-order chi connectivity index (χ0) is 21.7. The standard InChI is InChI=1S/C22H27N3O4S/c1-16-14-25(17(2)15-26)30(27,28)22-10-8-18(7-9-19-6-4-5-11-24-19)12-20(22)29-21(16)13-23-3/h4-6,8,10-12,16-17,21,23,26H,13-15H2,1-3H3/t16-,17-,21+/m1/s1. The molecule has 2 heterocycles. The first-order valence-electron chi connectivity index (χ1n) is 9.88. The number of rotatable bonds is 4. The van der Waals surface area contributed by atoms with Crippen LogP contribution in [-0.2, 0) is 10.0 Å². The number of ether oxygens (including phenoxy) is 1. The van der Waals surface area contributed by atoms with Gasteiger partial charge in [0.25, 0.3) is 0 Å². The van der Waals surface area contributed by atoms with Crippen LogP contribution in [0.25, 0.3) is 0 Å². The number of aromatic nitrogens is 1. The molecule has 1 aliphatic heterocycles. The Hall–Kier alpha value is -2.44. The molecule has 0 unspecified atom stereocenters. The van der Waals surface area contributed by atoms with Gasteiger partial charge in [-0.25, -0.2) is 13.4 Å². The average Bonchev–Trinajstić information content (AvgIpc) is 2.75. The fraction of sp³-hybridized carbons (Fsp3) is 0.409. The highest BCUT2D eigenvalue weighted by molar-refractivity contribution is 7.89. The number of aliphatic hydroxyl groups excluding tert-OH is 1. The lowest BCUT2D eigenvalue weighted by Crippen LogP contribution is -2.49. The molecule has 1 aliphatic rings. The summed E-state index contributed by atoms with van der Waals surface area (Å²) in [7, 11) is -2.01. The van der Waals surface area contributed by atoms with Gasteiger partial charge in [0, 0.05) is 36.8 Å². The van der Waals surface area contributed by atoms with Gasteiger partial charge in [-0.3, -0.25) is 0 Å².